The molecular weight excluding hydrogens is 520 g/mol. The molecule has 9 nitrogen and oxygen atoms in total. The zero-order valence-corrected chi connectivity index (χ0v) is 21.2. The van der Waals surface area contributed by atoms with E-state index in [-0.39, 0.29) is 24.6 Å². The number of halogens is 2. The molecule has 1 amide bonds. The van der Waals surface area contributed by atoms with Crippen molar-refractivity contribution in [3.63, 3.8) is 0 Å². The number of benzene rings is 3. The number of alkyl halides is 2. The minimum atomic E-state index is -3.77. The second-order valence-corrected chi connectivity index (χ2v) is 9.18. The summed E-state index contributed by atoms with van der Waals surface area (Å²) in [5.41, 5.74) is 2.57. The first-order valence-electron chi connectivity index (χ1n) is 12.4. The van der Waals surface area contributed by atoms with E-state index >= 15 is 0 Å². The van der Waals surface area contributed by atoms with E-state index in [9.17, 15) is 23.6 Å². The van der Waals surface area contributed by atoms with Crippen LogP contribution in [0.2, 0.25) is 0 Å². The van der Waals surface area contributed by atoms with Gasteiger partial charge in [0.1, 0.15) is 6.54 Å². The normalized spacial score (nSPS) is 13.4. The minimum Gasteiger partial charge on any atom is -0.395 e. The molecule has 5 aromatic rings. The summed E-state index contributed by atoms with van der Waals surface area (Å²) in [5.74, 6) is -0.778. The van der Waals surface area contributed by atoms with Crippen LogP contribution in [-0.4, -0.2) is 33.1 Å². The maximum Gasteiger partial charge on any atom is 0.586 e. The summed E-state index contributed by atoms with van der Waals surface area (Å²) in [6, 6.07) is 20.9. The molecule has 6 rings (SSSR count). The Morgan fingerprint density at radius 1 is 1.05 bits per heavy atom. The number of rotatable bonds is 6. The van der Waals surface area contributed by atoms with E-state index in [1.54, 1.807) is 19.1 Å². The molecule has 11 heteroatoms. The predicted molar refractivity (Wildman–Crippen MR) is 142 cm³/mol. The Hall–Kier alpha value is -5.24. The number of fused-ring (bicyclic) bond motifs is 4. The van der Waals surface area contributed by atoms with Crippen LogP contribution >= 0.6 is 0 Å². The molecule has 0 unspecified atom stereocenters. The van der Waals surface area contributed by atoms with Crippen LogP contribution in [0.3, 0.4) is 0 Å². The Kier molecular flexibility index (Phi) is 5.95. The number of carbonyl (C=O) groups is 1. The summed E-state index contributed by atoms with van der Waals surface area (Å²) in [6.07, 6.45) is -2.23. The first-order valence-corrected chi connectivity index (χ1v) is 12.4. The third-order valence-electron chi connectivity index (χ3n) is 6.84. The van der Waals surface area contributed by atoms with Crippen LogP contribution < -0.4 is 19.9 Å². The van der Waals surface area contributed by atoms with E-state index in [1.165, 1.54) is 29.3 Å². The highest BCUT2D eigenvalue weighted by Gasteiger charge is 2.43. The predicted octanol–water partition coefficient (Wildman–Crippen LogP) is 4.65. The van der Waals surface area contributed by atoms with Gasteiger partial charge in [-0.1, -0.05) is 36.4 Å². The molecule has 40 heavy (non-hydrogen) atoms. The van der Waals surface area contributed by atoms with Crippen molar-refractivity contribution in [3.8, 4) is 17.6 Å². The van der Waals surface area contributed by atoms with Gasteiger partial charge in [0, 0.05) is 35.7 Å². The molecule has 3 heterocycles. The monoisotopic (exact) mass is 541 g/mol. The Labute approximate surface area is 226 Å². The van der Waals surface area contributed by atoms with Crippen LogP contribution in [0, 0.1) is 11.3 Å². The summed E-state index contributed by atoms with van der Waals surface area (Å²) < 4.78 is 38.9. The highest BCUT2D eigenvalue weighted by molar-refractivity contribution is 6.07. The summed E-state index contributed by atoms with van der Waals surface area (Å²) in [7, 11) is 0. The lowest BCUT2D eigenvalue weighted by Gasteiger charge is -2.21. The van der Waals surface area contributed by atoms with Crippen molar-refractivity contribution in [1.29, 1.82) is 5.26 Å². The average Bonchev–Trinajstić information content (AvgIpc) is 3.43. The number of hydrogen-bond donors (Lipinski definition) is 0. The molecule has 1 aliphatic rings. The summed E-state index contributed by atoms with van der Waals surface area (Å²) in [5, 5.41) is 15.0. The fourth-order valence-electron chi connectivity index (χ4n) is 5.03. The Morgan fingerprint density at radius 2 is 1.80 bits per heavy atom. The maximum atomic E-state index is 13.7. The molecule has 2 aromatic heterocycles. The van der Waals surface area contributed by atoms with Crippen LogP contribution in [0.4, 0.5) is 14.5 Å². The van der Waals surface area contributed by atoms with Crippen molar-refractivity contribution < 1.29 is 23.0 Å². The van der Waals surface area contributed by atoms with Crippen molar-refractivity contribution in [2.75, 3.05) is 11.4 Å². The molecule has 0 aliphatic carbocycles. The molecule has 0 saturated heterocycles. The molecule has 200 valence electrons. The first kappa shape index (κ1) is 25.1. The molecule has 0 saturated carbocycles. The van der Waals surface area contributed by atoms with Crippen LogP contribution in [-0.2, 0) is 17.9 Å². The molecule has 0 radical (unpaired) electrons. The SMILES string of the molecule is CCN(C(=O)Cn1ncc2c(c1=O)c1ccccc1n2Cc1ccccc1C#N)c1ccc2c(c1)OC(F)(F)O2. The number of nitrogens with zero attached hydrogens (tertiary/aromatic N) is 5. The van der Waals surface area contributed by atoms with Gasteiger partial charge in [0.05, 0.1) is 28.7 Å². The molecule has 1 aliphatic heterocycles. The highest BCUT2D eigenvalue weighted by atomic mass is 19.3. The number of anilines is 1. The van der Waals surface area contributed by atoms with Crippen LogP contribution in [0.5, 0.6) is 11.5 Å². The fourth-order valence-corrected chi connectivity index (χ4v) is 5.03. The standard InChI is InChI=1S/C29H21F2N5O4/c1-2-34(20-11-12-24-25(13-20)40-29(30,31)39-24)26(37)17-36-28(38)27-21-9-5-6-10-22(21)35(23(27)15-33-36)16-19-8-4-3-7-18(19)14-32/h3-13,15H,2,16-17H2,1H3. The van der Waals surface area contributed by atoms with Gasteiger partial charge in [0.15, 0.2) is 11.5 Å². The van der Waals surface area contributed by atoms with E-state index in [1.807, 2.05) is 41.0 Å². The second kappa shape index (κ2) is 9.50. The van der Waals surface area contributed by atoms with Gasteiger partial charge in [-0.05, 0) is 36.8 Å². The Morgan fingerprint density at radius 3 is 2.60 bits per heavy atom. The molecule has 0 atom stereocenters. The molecule has 0 bridgehead atoms. The van der Waals surface area contributed by atoms with Crippen molar-refractivity contribution in [2.24, 2.45) is 0 Å². The number of ether oxygens (including phenoxy) is 2. The molecular formula is C29H21F2N5O4. The van der Waals surface area contributed by atoms with Gasteiger partial charge < -0.3 is 18.9 Å². The zero-order valence-electron chi connectivity index (χ0n) is 21.2. The number of hydrogen-bond acceptors (Lipinski definition) is 6. The van der Waals surface area contributed by atoms with Gasteiger partial charge in [0.25, 0.3) is 5.56 Å². The molecule has 0 N–H and O–H groups in total. The van der Waals surface area contributed by atoms with Crippen molar-refractivity contribution in [1.82, 2.24) is 14.3 Å². The Bertz CT molecular complexity index is 1910. The average molecular weight is 542 g/mol. The van der Waals surface area contributed by atoms with Gasteiger partial charge in [0.2, 0.25) is 5.91 Å². The summed E-state index contributed by atoms with van der Waals surface area (Å²) >= 11 is 0. The van der Waals surface area contributed by atoms with E-state index in [0.29, 0.717) is 34.1 Å². The third-order valence-corrected chi connectivity index (χ3v) is 6.84. The van der Waals surface area contributed by atoms with Crippen LogP contribution in [0.1, 0.15) is 18.1 Å². The highest BCUT2D eigenvalue weighted by Crippen LogP contribution is 2.42. The number of nitriles is 1. The lowest BCUT2D eigenvalue weighted by atomic mass is 10.1. The summed E-state index contributed by atoms with van der Waals surface area (Å²) in [6.45, 7) is 1.92. The number of para-hydroxylation sites is 1. The minimum absolute atomic E-state index is 0.130. The zero-order chi connectivity index (χ0) is 28.0. The third kappa shape index (κ3) is 4.19. The number of aromatic nitrogens is 3. The summed E-state index contributed by atoms with van der Waals surface area (Å²) in [4.78, 5) is 28.3. The lowest BCUT2D eigenvalue weighted by Crippen LogP contribution is -2.37. The number of likely N-dealkylation sites (N-methyl/N-ethyl adjacent to an activating group) is 1. The van der Waals surface area contributed by atoms with Gasteiger partial charge in [-0.15, -0.1) is 8.78 Å². The van der Waals surface area contributed by atoms with Crippen LogP contribution in [0.25, 0.3) is 21.8 Å². The van der Waals surface area contributed by atoms with Gasteiger partial charge in [-0.2, -0.15) is 10.4 Å². The fraction of sp³-hybridized carbons (Fsp3) is 0.172. The first-order chi connectivity index (χ1) is 19.3. The molecule has 3 aromatic carbocycles. The quantitative estimate of drug-likeness (QED) is 0.310. The molecule has 0 spiro atoms. The van der Waals surface area contributed by atoms with E-state index in [2.05, 4.69) is 20.6 Å². The van der Waals surface area contributed by atoms with Gasteiger partial charge >= 0.3 is 6.29 Å². The smallest absolute Gasteiger partial charge is 0.395 e. The van der Waals surface area contributed by atoms with Crippen molar-refractivity contribution in [2.45, 2.75) is 26.3 Å². The van der Waals surface area contributed by atoms with Crippen molar-refractivity contribution in [3.05, 3.63) is 94.4 Å². The van der Waals surface area contributed by atoms with E-state index in [0.717, 1.165) is 15.8 Å². The van der Waals surface area contributed by atoms with Gasteiger partial charge in [-0.25, -0.2) is 4.68 Å². The van der Waals surface area contributed by atoms with Crippen LogP contribution in [0.15, 0.2) is 77.7 Å². The van der Waals surface area contributed by atoms with Gasteiger partial charge in [-0.3, -0.25) is 9.59 Å². The van der Waals surface area contributed by atoms with E-state index in [4.69, 9.17) is 0 Å². The maximum absolute atomic E-state index is 13.7. The largest absolute Gasteiger partial charge is 0.586 e. The number of amides is 1. The topological polar surface area (TPSA) is 102 Å². The number of carbonyl (C=O) groups excluding carboxylic acids is 1. The van der Waals surface area contributed by atoms with E-state index < -0.39 is 17.8 Å². The lowest BCUT2D eigenvalue weighted by molar-refractivity contribution is -0.286. The second-order valence-electron chi connectivity index (χ2n) is 9.18. The Balaban J connectivity index is 1.36. The molecule has 0 fully saturated rings. The van der Waals surface area contributed by atoms with Crippen molar-refractivity contribution >= 4 is 33.4 Å².